The van der Waals surface area contributed by atoms with Gasteiger partial charge in [-0.25, -0.2) is 4.39 Å². The molecule has 0 unspecified atom stereocenters. The lowest BCUT2D eigenvalue weighted by Crippen LogP contribution is -2.44. The van der Waals surface area contributed by atoms with E-state index in [1.54, 1.807) is 0 Å². The zero-order valence-electron chi connectivity index (χ0n) is 11.0. The van der Waals surface area contributed by atoms with E-state index in [9.17, 15) is 19.1 Å². The van der Waals surface area contributed by atoms with E-state index >= 15 is 0 Å². The molecule has 2 amide bonds. The molecular weight excluding hydrogens is 263 g/mol. The molecule has 0 spiro atoms. The average molecular weight is 280 g/mol. The Balaban J connectivity index is 1.81. The molecule has 0 aliphatic heterocycles. The second-order valence-corrected chi connectivity index (χ2v) is 5.12. The second-order valence-electron chi connectivity index (χ2n) is 5.12. The minimum Gasteiger partial charge on any atom is -0.389 e. The van der Waals surface area contributed by atoms with Gasteiger partial charge < -0.3 is 5.11 Å². The molecule has 6 heteroatoms. The molecule has 5 nitrogen and oxygen atoms in total. The molecule has 3 N–H and O–H groups in total. The molecule has 108 valence electrons. The average Bonchev–Trinajstić information content (AvgIpc) is 2.83. The van der Waals surface area contributed by atoms with E-state index in [2.05, 4.69) is 10.9 Å². The van der Waals surface area contributed by atoms with E-state index in [0.717, 1.165) is 25.0 Å². The van der Waals surface area contributed by atoms with Crippen molar-refractivity contribution in [3.05, 3.63) is 35.6 Å². The Kier molecular flexibility index (Phi) is 4.34. The highest BCUT2D eigenvalue weighted by Crippen LogP contribution is 2.31. The summed E-state index contributed by atoms with van der Waals surface area (Å²) in [5, 5.41) is 10.1. The predicted octanol–water partition coefficient (Wildman–Crippen LogP) is 1.28. The maximum Gasteiger partial charge on any atom is 0.269 e. The van der Waals surface area contributed by atoms with Crippen LogP contribution < -0.4 is 10.9 Å². The fourth-order valence-electron chi connectivity index (χ4n) is 2.35. The molecule has 1 aliphatic rings. The van der Waals surface area contributed by atoms with Crippen molar-refractivity contribution in [3.63, 3.8) is 0 Å². The zero-order valence-corrected chi connectivity index (χ0v) is 11.0. The van der Waals surface area contributed by atoms with E-state index < -0.39 is 23.2 Å². The normalized spacial score (nSPS) is 16.7. The SMILES string of the molecule is O=C(CC1(O)CCCC1)NNC(=O)c1ccc(F)cc1. The predicted molar refractivity (Wildman–Crippen MR) is 70.0 cm³/mol. The minimum atomic E-state index is -0.954. The van der Waals surface area contributed by atoms with Gasteiger partial charge >= 0.3 is 0 Å². The van der Waals surface area contributed by atoms with Crippen molar-refractivity contribution in [1.29, 1.82) is 0 Å². The molecule has 0 bridgehead atoms. The number of rotatable bonds is 3. The first-order chi connectivity index (χ1) is 9.48. The summed E-state index contributed by atoms with van der Waals surface area (Å²) in [6.45, 7) is 0. The monoisotopic (exact) mass is 280 g/mol. The van der Waals surface area contributed by atoms with Crippen molar-refractivity contribution in [2.45, 2.75) is 37.7 Å². The molecule has 0 atom stereocenters. The summed E-state index contributed by atoms with van der Waals surface area (Å²) in [5.41, 5.74) is 3.78. The van der Waals surface area contributed by atoms with Gasteiger partial charge in [-0.3, -0.25) is 20.4 Å². The summed E-state index contributed by atoms with van der Waals surface area (Å²) >= 11 is 0. The highest BCUT2D eigenvalue weighted by molar-refractivity contribution is 5.95. The van der Waals surface area contributed by atoms with Gasteiger partial charge in [0.25, 0.3) is 5.91 Å². The van der Waals surface area contributed by atoms with E-state index in [0.29, 0.717) is 12.8 Å². The highest BCUT2D eigenvalue weighted by Gasteiger charge is 2.33. The lowest BCUT2D eigenvalue weighted by atomic mass is 9.98. The van der Waals surface area contributed by atoms with Crippen LogP contribution in [-0.2, 0) is 4.79 Å². The van der Waals surface area contributed by atoms with Gasteiger partial charge in [0.05, 0.1) is 12.0 Å². The van der Waals surface area contributed by atoms with Crippen LogP contribution in [0.2, 0.25) is 0 Å². The standard InChI is InChI=1S/C14H17FN2O3/c15-11-5-3-10(4-6-11)13(19)17-16-12(18)9-14(20)7-1-2-8-14/h3-6,20H,1-2,7-9H2,(H,16,18)(H,17,19). The molecule has 0 aromatic heterocycles. The van der Waals surface area contributed by atoms with Crippen LogP contribution >= 0.6 is 0 Å². The number of aliphatic hydroxyl groups is 1. The van der Waals surface area contributed by atoms with Crippen LogP contribution in [0.25, 0.3) is 0 Å². The zero-order chi connectivity index (χ0) is 14.6. The first-order valence-corrected chi connectivity index (χ1v) is 6.56. The summed E-state index contributed by atoms with van der Waals surface area (Å²) in [7, 11) is 0. The number of hydrogen-bond donors (Lipinski definition) is 3. The van der Waals surface area contributed by atoms with Gasteiger partial charge in [0.2, 0.25) is 5.91 Å². The molecular formula is C14H17FN2O3. The van der Waals surface area contributed by atoms with E-state index in [4.69, 9.17) is 0 Å². The van der Waals surface area contributed by atoms with Crippen molar-refractivity contribution in [2.75, 3.05) is 0 Å². The van der Waals surface area contributed by atoms with E-state index in [1.807, 2.05) is 0 Å². The molecule has 1 aromatic carbocycles. The Morgan fingerprint density at radius 2 is 1.75 bits per heavy atom. The summed E-state index contributed by atoms with van der Waals surface area (Å²) in [6, 6.07) is 4.97. The van der Waals surface area contributed by atoms with Gasteiger partial charge in [0.1, 0.15) is 5.82 Å². The Bertz CT molecular complexity index is 496. The van der Waals surface area contributed by atoms with Gasteiger partial charge in [-0.2, -0.15) is 0 Å². The number of halogens is 1. The Morgan fingerprint density at radius 3 is 2.35 bits per heavy atom. The summed E-state index contributed by atoms with van der Waals surface area (Å²) in [6.07, 6.45) is 2.99. The molecule has 0 heterocycles. The van der Waals surface area contributed by atoms with Gasteiger partial charge in [-0.1, -0.05) is 12.8 Å². The maximum absolute atomic E-state index is 12.7. The minimum absolute atomic E-state index is 0.0311. The quantitative estimate of drug-likeness (QED) is 0.730. The maximum atomic E-state index is 12.7. The molecule has 0 saturated heterocycles. The third-order valence-electron chi connectivity index (χ3n) is 3.45. The first kappa shape index (κ1) is 14.5. The van der Waals surface area contributed by atoms with Crippen molar-refractivity contribution in [2.24, 2.45) is 0 Å². The molecule has 1 fully saturated rings. The number of carbonyl (C=O) groups excluding carboxylic acids is 2. The third kappa shape index (κ3) is 3.77. The van der Waals surface area contributed by atoms with Gasteiger partial charge in [0, 0.05) is 5.56 Å². The van der Waals surface area contributed by atoms with Crippen LogP contribution in [0, 0.1) is 5.82 Å². The third-order valence-corrected chi connectivity index (χ3v) is 3.45. The highest BCUT2D eigenvalue weighted by atomic mass is 19.1. The van der Waals surface area contributed by atoms with Crippen LogP contribution in [-0.4, -0.2) is 22.5 Å². The van der Waals surface area contributed by atoms with Crippen LogP contribution in [0.1, 0.15) is 42.5 Å². The molecule has 1 aromatic rings. The topological polar surface area (TPSA) is 78.4 Å². The Morgan fingerprint density at radius 1 is 1.15 bits per heavy atom. The largest absolute Gasteiger partial charge is 0.389 e. The van der Waals surface area contributed by atoms with Crippen LogP contribution in [0.4, 0.5) is 4.39 Å². The molecule has 2 rings (SSSR count). The molecule has 0 radical (unpaired) electrons. The number of carbonyl (C=O) groups is 2. The van der Waals surface area contributed by atoms with Crippen molar-refractivity contribution >= 4 is 11.8 Å². The van der Waals surface area contributed by atoms with Crippen molar-refractivity contribution in [1.82, 2.24) is 10.9 Å². The number of hydrogen-bond acceptors (Lipinski definition) is 3. The molecule has 20 heavy (non-hydrogen) atoms. The van der Waals surface area contributed by atoms with Crippen molar-refractivity contribution < 1.29 is 19.1 Å². The summed E-state index contributed by atoms with van der Waals surface area (Å²) in [5.74, 6) is -1.41. The number of hydrazine groups is 1. The number of nitrogens with one attached hydrogen (secondary N) is 2. The lowest BCUT2D eigenvalue weighted by molar-refractivity contribution is -0.126. The van der Waals surface area contributed by atoms with Crippen LogP contribution in [0.3, 0.4) is 0 Å². The van der Waals surface area contributed by atoms with E-state index in [-0.39, 0.29) is 12.0 Å². The first-order valence-electron chi connectivity index (χ1n) is 6.56. The van der Waals surface area contributed by atoms with Gasteiger partial charge in [-0.15, -0.1) is 0 Å². The fourth-order valence-corrected chi connectivity index (χ4v) is 2.35. The number of amides is 2. The number of benzene rings is 1. The molecule has 1 saturated carbocycles. The van der Waals surface area contributed by atoms with Gasteiger partial charge in [0.15, 0.2) is 0 Å². The van der Waals surface area contributed by atoms with E-state index in [1.165, 1.54) is 12.1 Å². The van der Waals surface area contributed by atoms with Crippen LogP contribution in [0.15, 0.2) is 24.3 Å². The van der Waals surface area contributed by atoms with Crippen molar-refractivity contribution in [3.8, 4) is 0 Å². The summed E-state index contributed by atoms with van der Waals surface area (Å²) in [4.78, 5) is 23.3. The van der Waals surface area contributed by atoms with Gasteiger partial charge in [-0.05, 0) is 37.1 Å². The lowest BCUT2D eigenvalue weighted by Gasteiger charge is -2.21. The molecule has 1 aliphatic carbocycles. The Labute approximate surface area is 116 Å². The smallest absolute Gasteiger partial charge is 0.269 e. The van der Waals surface area contributed by atoms with Crippen LogP contribution in [0.5, 0.6) is 0 Å². The second kappa shape index (κ2) is 6.00. The fraction of sp³-hybridized carbons (Fsp3) is 0.429. The Hall–Kier alpha value is -1.95. The summed E-state index contributed by atoms with van der Waals surface area (Å²) < 4.78 is 12.7.